The molecule has 1 aliphatic carbocycles. The minimum absolute atomic E-state index is 0.0628. The van der Waals surface area contributed by atoms with Crippen LogP contribution in [0.4, 0.5) is 0 Å². The Hall–Kier alpha value is -1.36. The van der Waals surface area contributed by atoms with E-state index in [1.807, 2.05) is 23.5 Å². The molecule has 1 unspecified atom stereocenters. The molecular weight excluding hydrogens is 280 g/mol. The van der Waals surface area contributed by atoms with Crippen LogP contribution in [0.2, 0.25) is 0 Å². The van der Waals surface area contributed by atoms with E-state index in [-0.39, 0.29) is 6.04 Å². The van der Waals surface area contributed by atoms with E-state index in [0.29, 0.717) is 0 Å². The molecule has 21 heavy (non-hydrogen) atoms. The van der Waals surface area contributed by atoms with Crippen LogP contribution < -0.4 is 16.0 Å². The molecule has 1 aliphatic rings. The number of hydrogen-bond acceptors (Lipinski definition) is 4. The van der Waals surface area contributed by atoms with Gasteiger partial charge in [-0.1, -0.05) is 18.6 Å². The third kappa shape index (κ3) is 3.12. The molecule has 0 saturated carbocycles. The first-order chi connectivity index (χ1) is 10.3. The van der Waals surface area contributed by atoms with E-state index in [1.165, 1.54) is 48.1 Å². The highest BCUT2D eigenvalue weighted by atomic mass is 32.1. The van der Waals surface area contributed by atoms with Crippen LogP contribution in [0.15, 0.2) is 30.3 Å². The Morgan fingerprint density at radius 1 is 1.14 bits per heavy atom. The van der Waals surface area contributed by atoms with Gasteiger partial charge in [0.25, 0.3) is 0 Å². The van der Waals surface area contributed by atoms with Crippen LogP contribution in [0, 0.1) is 0 Å². The summed E-state index contributed by atoms with van der Waals surface area (Å²) >= 11 is 1.91. The normalized spacial score (nSPS) is 16.1. The number of ether oxygens (including phenoxy) is 1. The second-order valence-corrected chi connectivity index (χ2v) is 6.70. The lowest BCUT2D eigenvalue weighted by Gasteiger charge is -2.15. The zero-order chi connectivity index (χ0) is 14.7. The highest BCUT2D eigenvalue weighted by Crippen LogP contribution is 2.34. The molecule has 3 N–H and O–H groups in total. The van der Waals surface area contributed by atoms with Crippen LogP contribution >= 0.6 is 11.3 Å². The van der Waals surface area contributed by atoms with Gasteiger partial charge in [-0.2, -0.15) is 0 Å². The van der Waals surface area contributed by atoms with Crippen LogP contribution in [-0.2, 0) is 12.8 Å². The monoisotopic (exact) mass is 302 g/mol. The van der Waals surface area contributed by atoms with E-state index < -0.39 is 0 Å². The molecule has 3 rings (SSSR count). The molecule has 1 heterocycles. The third-order valence-corrected chi connectivity index (χ3v) is 5.47. The summed E-state index contributed by atoms with van der Waals surface area (Å²) in [5.74, 6) is 6.69. The van der Waals surface area contributed by atoms with Gasteiger partial charge in [0.05, 0.1) is 13.2 Å². The first-order valence-corrected chi connectivity index (χ1v) is 8.35. The van der Waals surface area contributed by atoms with Crippen LogP contribution in [0.1, 0.15) is 46.2 Å². The molecule has 2 aromatic rings. The maximum Gasteiger partial charge on any atom is 0.118 e. The van der Waals surface area contributed by atoms with Gasteiger partial charge in [-0.05, 0) is 55.0 Å². The molecule has 0 radical (unpaired) electrons. The maximum atomic E-state index is 5.82. The van der Waals surface area contributed by atoms with Crippen molar-refractivity contribution in [3.63, 3.8) is 0 Å². The van der Waals surface area contributed by atoms with Gasteiger partial charge in [0.15, 0.2) is 0 Å². The lowest BCUT2D eigenvalue weighted by atomic mass is 10.0. The van der Waals surface area contributed by atoms with Gasteiger partial charge in [-0.25, -0.2) is 5.43 Å². The standard InChI is InChI=1S/C17H22N2OS/c1-20-14-9-7-12(8-10-14)17(19-18)16-11-13-5-3-2-4-6-15(13)21-16/h7-11,17,19H,2-6,18H2,1H3. The number of thiophene rings is 1. The summed E-state index contributed by atoms with van der Waals surface area (Å²) < 4.78 is 5.22. The second-order valence-electron chi connectivity index (χ2n) is 5.53. The molecule has 1 aromatic carbocycles. The van der Waals surface area contributed by atoms with Crippen LogP contribution in [0.5, 0.6) is 5.75 Å². The lowest BCUT2D eigenvalue weighted by Crippen LogP contribution is -2.28. The summed E-state index contributed by atoms with van der Waals surface area (Å²) in [5, 5.41) is 0. The van der Waals surface area contributed by atoms with Crippen molar-refractivity contribution in [1.82, 2.24) is 5.43 Å². The number of aryl methyl sites for hydroxylation is 2. The maximum absolute atomic E-state index is 5.82. The highest BCUT2D eigenvalue weighted by molar-refractivity contribution is 7.12. The number of rotatable bonds is 4. The molecule has 112 valence electrons. The molecular formula is C17H22N2OS. The van der Waals surface area contributed by atoms with Crippen molar-refractivity contribution in [3.05, 3.63) is 51.2 Å². The van der Waals surface area contributed by atoms with Crippen LogP contribution in [0.3, 0.4) is 0 Å². The third-order valence-electron chi connectivity index (χ3n) is 4.17. The Morgan fingerprint density at radius 2 is 1.90 bits per heavy atom. The Morgan fingerprint density at radius 3 is 2.62 bits per heavy atom. The van der Waals surface area contributed by atoms with Crippen molar-refractivity contribution in [3.8, 4) is 5.75 Å². The summed E-state index contributed by atoms with van der Waals surface area (Å²) in [5.41, 5.74) is 5.67. The number of fused-ring (bicyclic) bond motifs is 1. The van der Waals surface area contributed by atoms with E-state index in [0.717, 1.165) is 5.75 Å². The zero-order valence-corrected chi connectivity index (χ0v) is 13.2. The molecule has 0 bridgehead atoms. The van der Waals surface area contributed by atoms with E-state index in [9.17, 15) is 0 Å². The number of nitrogens with two attached hydrogens (primary N) is 1. The minimum Gasteiger partial charge on any atom is -0.497 e. The average Bonchev–Trinajstić information content (AvgIpc) is 2.79. The van der Waals surface area contributed by atoms with E-state index in [4.69, 9.17) is 10.6 Å². The van der Waals surface area contributed by atoms with Gasteiger partial charge >= 0.3 is 0 Å². The van der Waals surface area contributed by atoms with Crippen molar-refractivity contribution in [2.24, 2.45) is 5.84 Å². The molecule has 0 fully saturated rings. The van der Waals surface area contributed by atoms with Crippen molar-refractivity contribution in [2.45, 2.75) is 38.1 Å². The Labute approximate surface area is 130 Å². The molecule has 3 nitrogen and oxygen atoms in total. The fourth-order valence-corrected chi connectivity index (χ4v) is 4.32. The molecule has 0 amide bonds. The predicted molar refractivity (Wildman–Crippen MR) is 87.7 cm³/mol. The lowest BCUT2D eigenvalue weighted by molar-refractivity contribution is 0.414. The highest BCUT2D eigenvalue weighted by Gasteiger charge is 2.19. The fourth-order valence-electron chi connectivity index (χ4n) is 2.97. The van der Waals surface area contributed by atoms with Gasteiger partial charge in [-0.3, -0.25) is 5.84 Å². The average molecular weight is 302 g/mol. The molecule has 1 atom stereocenters. The number of nitrogens with one attached hydrogen (secondary N) is 1. The summed E-state index contributed by atoms with van der Waals surface area (Å²) in [6, 6.07) is 10.5. The van der Waals surface area contributed by atoms with Crippen LogP contribution in [0.25, 0.3) is 0 Å². The van der Waals surface area contributed by atoms with E-state index >= 15 is 0 Å². The minimum atomic E-state index is 0.0628. The van der Waals surface area contributed by atoms with Gasteiger partial charge in [0.2, 0.25) is 0 Å². The summed E-state index contributed by atoms with van der Waals surface area (Å²) in [6.45, 7) is 0. The van der Waals surface area contributed by atoms with Crippen molar-refractivity contribution in [2.75, 3.05) is 7.11 Å². The summed E-state index contributed by atoms with van der Waals surface area (Å²) in [6.07, 6.45) is 6.42. The van der Waals surface area contributed by atoms with Gasteiger partial charge in [0.1, 0.15) is 5.75 Å². The van der Waals surface area contributed by atoms with Crippen molar-refractivity contribution >= 4 is 11.3 Å². The van der Waals surface area contributed by atoms with E-state index in [2.05, 4.69) is 23.6 Å². The number of hydrazine groups is 1. The van der Waals surface area contributed by atoms with E-state index in [1.54, 1.807) is 12.0 Å². The molecule has 1 aromatic heterocycles. The largest absolute Gasteiger partial charge is 0.497 e. The summed E-state index contributed by atoms with van der Waals surface area (Å²) in [7, 11) is 1.68. The Bertz CT molecular complexity index is 568. The molecule has 0 spiro atoms. The quantitative estimate of drug-likeness (QED) is 0.515. The second kappa shape index (κ2) is 6.60. The number of methoxy groups -OCH3 is 1. The van der Waals surface area contributed by atoms with Crippen LogP contribution in [-0.4, -0.2) is 7.11 Å². The van der Waals surface area contributed by atoms with Gasteiger partial charge in [-0.15, -0.1) is 11.3 Å². The first-order valence-electron chi connectivity index (χ1n) is 7.53. The Kier molecular flexibility index (Phi) is 4.58. The molecule has 4 heteroatoms. The zero-order valence-electron chi connectivity index (χ0n) is 12.4. The first kappa shape index (κ1) is 14.6. The molecule has 0 saturated heterocycles. The smallest absolute Gasteiger partial charge is 0.118 e. The van der Waals surface area contributed by atoms with Gasteiger partial charge < -0.3 is 4.74 Å². The Balaban J connectivity index is 1.88. The fraction of sp³-hybridized carbons (Fsp3) is 0.412. The molecule has 0 aliphatic heterocycles. The van der Waals surface area contributed by atoms with Crippen molar-refractivity contribution in [1.29, 1.82) is 0 Å². The predicted octanol–water partition coefficient (Wildman–Crippen LogP) is 3.58. The van der Waals surface area contributed by atoms with Gasteiger partial charge in [0, 0.05) is 9.75 Å². The SMILES string of the molecule is COc1ccc(C(NN)c2cc3c(s2)CCCCC3)cc1. The summed E-state index contributed by atoms with van der Waals surface area (Å²) in [4.78, 5) is 2.87. The topological polar surface area (TPSA) is 47.3 Å². The van der Waals surface area contributed by atoms with Crippen molar-refractivity contribution < 1.29 is 4.74 Å². The number of hydrogen-bond donors (Lipinski definition) is 2. The number of benzene rings is 1.